The fourth-order valence-corrected chi connectivity index (χ4v) is 6.68. The van der Waals surface area contributed by atoms with E-state index in [1.54, 1.807) is 23.2 Å². The van der Waals surface area contributed by atoms with Gasteiger partial charge in [-0.05, 0) is 68.3 Å². The zero-order valence-corrected chi connectivity index (χ0v) is 21.5. The minimum atomic E-state index is -3.56. The highest BCUT2D eigenvalue weighted by Crippen LogP contribution is 2.35. The molecule has 0 atom stereocenters. The molecular weight excluding hydrogens is 496 g/mol. The first-order chi connectivity index (χ1) is 17.5. The molecule has 2 aromatic carbocycles. The quantitative estimate of drug-likeness (QED) is 0.332. The van der Waals surface area contributed by atoms with E-state index in [2.05, 4.69) is 4.98 Å². The number of fused-ring (bicyclic) bond motifs is 1. The van der Waals surface area contributed by atoms with Crippen molar-refractivity contribution < 1.29 is 17.9 Å². The van der Waals surface area contributed by atoms with Crippen LogP contribution in [0.1, 0.15) is 35.8 Å². The average Bonchev–Trinajstić information content (AvgIpc) is 3.59. The van der Waals surface area contributed by atoms with E-state index in [0.717, 1.165) is 17.5 Å². The van der Waals surface area contributed by atoms with Crippen molar-refractivity contribution in [3.8, 4) is 5.75 Å². The molecule has 8 nitrogen and oxygen atoms in total. The van der Waals surface area contributed by atoms with Crippen LogP contribution >= 0.6 is 11.3 Å². The van der Waals surface area contributed by atoms with Gasteiger partial charge in [0, 0.05) is 24.8 Å². The van der Waals surface area contributed by atoms with Gasteiger partial charge in [0.05, 0.1) is 28.4 Å². The van der Waals surface area contributed by atoms with Gasteiger partial charge in [-0.3, -0.25) is 14.7 Å². The number of thiazole rings is 1. The number of rotatable bonds is 8. The van der Waals surface area contributed by atoms with Gasteiger partial charge in [-0.1, -0.05) is 23.5 Å². The lowest BCUT2D eigenvalue weighted by Crippen LogP contribution is -2.31. The highest BCUT2D eigenvalue weighted by Gasteiger charge is 2.28. The van der Waals surface area contributed by atoms with E-state index in [0.29, 0.717) is 47.4 Å². The number of benzene rings is 2. The van der Waals surface area contributed by atoms with Crippen LogP contribution in [0.15, 0.2) is 71.8 Å². The van der Waals surface area contributed by atoms with Gasteiger partial charge in [0.25, 0.3) is 5.91 Å². The summed E-state index contributed by atoms with van der Waals surface area (Å²) in [6.07, 6.45) is 3.42. The monoisotopic (exact) mass is 522 g/mol. The number of hydrogen-bond acceptors (Lipinski definition) is 7. The third-order valence-electron chi connectivity index (χ3n) is 6.00. The van der Waals surface area contributed by atoms with Crippen LogP contribution in [0.5, 0.6) is 5.75 Å². The number of anilines is 1. The largest absolute Gasteiger partial charge is 0.492 e. The number of carbonyl (C=O) groups excluding carboxylic acids is 1. The maximum absolute atomic E-state index is 13.7. The number of ether oxygens (including phenoxy) is 1. The second kappa shape index (κ2) is 10.3. The summed E-state index contributed by atoms with van der Waals surface area (Å²) in [4.78, 5) is 24.6. The van der Waals surface area contributed by atoms with E-state index in [-0.39, 0.29) is 17.3 Å². The van der Waals surface area contributed by atoms with Crippen LogP contribution in [0, 0.1) is 0 Å². The Kier molecular flexibility index (Phi) is 6.99. The van der Waals surface area contributed by atoms with Gasteiger partial charge < -0.3 is 4.74 Å². The van der Waals surface area contributed by atoms with Crippen LogP contribution in [0.2, 0.25) is 0 Å². The molecule has 1 amide bonds. The van der Waals surface area contributed by atoms with Crippen molar-refractivity contribution in [3.63, 3.8) is 0 Å². The summed E-state index contributed by atoms with van der Waals surface area (Å²) in [5.74, 6) is 0.377. The Morgan fingerprint density at radius 2 is 1.83 bits per heavy atom. The summed E-state index contributed by atoms with van der Waals surface area (Å²) in [6, 6.07) is 17.4. The molecule has 0 saturated carbocycles. The third-order valence-corrected chi connectivity index (χ3v) is 8.95. The van der Waals surface area contributed by atoms with Crippen LogP contribution < -0.4 is 9.64 Å². The highest BCUT2D eigenvalue weighted by molar-refractivity contribution is 7.89. The van der Waals surface area contributed by atoms with Crippen LogP contribution in [0.4, 0.5) is 5.13 Å². The second-order valence-corrected chi connectivity index (χ2v) is 11.3. The first kappa shape index (κ1) is 24.4. The first-order valence-electron chi connectivity index (χ1n) is 11.8. The Labute approximate surface area is 214 Å². The van der Waals surface area contributed by atoms with Crippen molar-refractivity contribution in [2.75, 3.05) is 24.6 Å². The van der Waals surface area contributed by atoms with Gasteiger partial charge in [-0.2, -0.15) is 4.31 Å². The van der Waals surface area contributed by atoms with Crippen molar-refractivity contribution in [2.24, 2.45) is 0 Å². The molecule has 1 aliphatic heterocycles. The van der Waals surface area contributed by atoms with E-state index in [1.807, 2.05) is 43.3 Å². The molecule has 1 aliphatic rings. The molecule has 4 aromatic rings. The number of nitrogens with zero attached hydrogens (tertiary/aromatic N) is 4. The molecule has 0 unspecified atom stereocenters. The van der Waals surface area contributed by atoms with Gasteiger partial charge in [-0.25, -0.2) is 13.4 Å². The van der Waals surface area contributed by atoms with Crippen molar-refractivity contribution in [2.45, 2.75) is 31.2 Å². The molecule has 0 N–H and O–H groups in total. The molecule has 3 heterocycles. The number of sulfonamides is 1. The fourth-order valence-electron chi connectivity index (χ4n) is 4.18. The molecule has 2 aromatic heterocycles. The van der Waals surface area contributed by atoms with Gasteiger partial charge in [-0.15, -0.1) is 0 Å². The minimum absolute atomic E-state index is 0.193. The predicted octanol–water partition coefficient (Wildman–Crippen LogP) is 4.72. The average molecular weight is 523 g/mol. The number of hydrogen-bond donors (Lipinski definition) is 0. The van der Waals surface area contributed by atoms with Crippen LogP contribution in [0.3, 0.4) is 0 Å². The molecule has 0 bridgehead atoms. The van der Waals surface area contributed by atoms with Gasteiger partial charge in [0.15, 0.2) is 5.13 Å². The molecule has 1 saturated heterocycles. The summed E-state index contributed by atoms with van der Waals surface area (Å²) in [7, 11) is -3.56. The maximum atomic E-state index is 13.7. The Morgan fingerprint density at radius 1 is 1.06 bits per heavy atom. The molecule has 0 spiro atoms. The predicted molar refractivity (Wildman–Crippen MR) is 140 cm³/mol. The lowest BCUT2D eigenvalue weighted by Gasteiger charge is -2.20. The van der Waals surface area contributed by atoms with E-state index in [9.17, 15) is 13.2 Å². The highest BCUT2D eigenvalue weighted by atomic mass is 32.2. The molecule has 0 aliphatic carbocycles. The van der Waals surface area contributed by atoms with Gasteiger partial charge in [0.1, 0.15) is 11.3 Å². The lowest BCUT2D eigenvalue weighted by molar-refractivity contribution is 0.0984. The Balaban J connectivity index is 1.49. The van der Waals surface area contributed by atoms with Crippen molar-refractivity contribution >= 4 is 42.6 Å². The van der Waals surface area contributed by atoms with Crippen LogP contribution in [0.25, 0.3) is 10.2 Å². The van der Waals surface area contributed by atoms with Gasteiger partial charge >= 0.3 is 0 Å². The van der Waals surface area contributed by atoms with E-state index < -0.39 is 10.0 Å². The molecular formula is C26H26N4O4S2. The zero-order valence-electron chi connectivity index (χ0n) is 19.8. The Bertz CT molecular complexity index is 1470. The smallest absolute Gasteiger partial charge is 0.260 e. The number of aromatic nitrogens is 2. The van der Waals surface area contributed by atoms with Crippen molar-refractivity contribution in [3.05, 3.63) is 78.1 Å². The standard InChI is InChI=1S/C26H26N4O4S2/c1-2-34-22-9-7-10-23-24(22)28-26(35-23)30(18-20-8-3-4-15-27-20)25(31)19-11-13-21(14-12-19)36(32,33)29-16-5-6-17-29/h3-4,7-15H,2,5-6,16-18H2,1H3. The van der Waals surface area contributed by atoms with Crippen molar-refractivity contribution in [1.82, 2.24) is 14.3 Å². The van der Waals surface area contributed by atoms with E-state index in [4.69, 9.17) is 9.72 Å². The second-order valence-electron chi connectivity index (χ2n) is 8.38. The molecule has 186 valence electrons. The Morgan fingerprint density at radius 3 is 2.53 bits per heavy atom. The lowest BCUT2D eigenvalue weighted by atomic mass is 10.2. The van der Waals surface area contributed by atoms with Crippen LogP contribution in [-0.4, -0.2) is 48.3 Å². The number of carbonyl (C=O) groups is 1. The van der Waals surface area contributed by atoms with Crippen LogP contribution in [-0.2, 0) is 16.6 Å². The number of para-hydroxylation sites is 1. The molecule has 0 radical (unpaired) electrons. The molecule has 10 heteroatoms. The summed E-state index contributed by atoms with van der Waals surface area (Å²) < 4.78 is 33.9. The summed E-state index contributed by atoms with van der Waals surface area (Å²) in [5, 5.41) is 0.515. The molecule has 36 heavy (non-hydrogen) atoms. The zero-order chi connectivity index (χ0) is 25.1. The third kappa shape index (κ3) is 4.84. The maximum Gasteiger partial charge on any atom is 0.260 e. The SMILES string of the molecule is CCOc1cccc2sc(N(Cc3ccccn3)C(=O)c3ccc(S(=O)(=O)N4CCCC4)cc3)nc12. The fraction of sp³-hybridized carbons (Fsp3) is 0.269. The molecule has 5 rings (SSSR count). The first-order valence-corrected chi connectivity index (χ1v) is 14.1. The number of amides is 1. The summed E-state index contributed by atoms with van der Waals surface area (Å²) in [5.41, 5.74) is 1.78. The topological polar surface area (TPSA) is 92.7 Å². The van der Waals surface area contributed by atoms with Gasteiger partial charge in [0.2, 0.25) is 10.0 Å². The summed E-state index contributed by atoms with van der Waals surface area (Å²) >= 11 is 1.40. The Hall–Kier alpha value is -3.34. The van der Waals surface area contributed by atoms with Crippen molar-refractivity contribution in [1.29, 1.82) is 0 Å². The number of pyridine rings is 1. The minimum Gasteiger partial charge on any atom is -0.492 e. The normalized spacial score (nSPS) is 14.2. The molecule has 1 fully saturated rings. The van der Waals surface area contributed by atoms with E-state index in [1.165, 1.54) is 27.8 Å². The summed E-state index contributed by atoms with van der Waals surface area (Å²) in [6.45, 7) is 3.70. The van der Waals surface area contributed by atoms with E-state index >= 15 is 0 Å².